The number of nitrogens with one attached hydrogen (secondary N) is 1. The highest BCUT2D eigenvalue weighted by atomic mass is 32.1. The molecular formula is C28H24F3N5O5S. The van der Waals surface area contributed by atoms with E-state index in [0.29, 0.717) is 46.4 Å². The Morgan fingerprint density at radius 2 is 1.88 bits per heavy atom. The number of halogens is 3. The minimum Gasteiger partial charge on any atom is -0.493 e. The van der Waals surface area contributed by atoms with Gasteiger partial charge in [-0.15, -0.1) is 11.3 Å². The van der Waals surface area contributed by atoms with Crippen molar-refractivity contribution in [1.29, 1.82) is 0 Å². The molecule has 5 rings (SSSR count). The first-order valence-electron chi connectivity index (χ1n) is 12.5. The maximum atomic E-state index is 13.8. The van der Waals surface area contributed by atoms with Gasteiger partial charge < -0.3 is 24.9 Å². The number of amides is 2. The molecule has 0 aliphatic carbocycles. The fraction of sp³-hybridized carbons (Fsp3) is 0.214. The third kappa shape index (κ3) is 5.40. The van der Waals surface area contributed by atoms with Crippen molar-refractivity contribution in [2.45, 2.75) is 33.2 Å². The van der Waals surface area contributed by atoms with Crippen LogP contribution in [0.2, 0.25) is 0 Å². The summed E-state index contributed by atoms with van der Waals surface area (Å²) in [6.07, 6.45) is -3.34. The number of thiophene rings is 1. The molecular weight excluding hydrogens is 575 g/mol. The molecule has 0 saturated heterocycles. The average molecular weight is 600 g/mol. The molecule has 0 fully saturated rings. The van der Waals surface area contributed by atoms with E-state index in [1.54, 1.807) is 35.9 Å². The van der Waals surface area contributed by atoms with Gasteiger partial charge in [-0.1, -0.05) is 12.1 Å². The first kappa shape index (κ1) is 28.7. The predicted molar refractivity (Wildman–Crippen MR) is 149 cm³/mol. The average Bonchev–Trinajstić information content (AvgIpc) is 3.68. The fourth-order valence-corrected chi connectivity index (χ4v) is 5.43. The molecule has 0 atom stereocenters. The fourth-order valence-electron chi connectivity index (χ4n) is 4.42. The predicted octanol–water partition coefficient (Wildman–Crippen LogP) is 6.04. The van der Waals surface area contributed by atoms with E-state index in [1.807, 2.05) is 6.92 Å². The lowest BCUT2D eigenvalue weighted by Gasteiger charge is -2.12. The molecule has 14 heteroatoms. The molecule has 218 valence electrons. The summed E-state index contributed by atoms with van der Waals surface area (Å²) in [4.78, 5) is 29.1. The number of primary amides is 1. The summed E-state index contributed by atoms with van der Waals surface area (Å²) in [5, 5.41) is 6.98. The van der Waals surface area contributed by atoms with Crippen LogP contribution < -0.4 is 20.5 Å². The van der Waals surface area contributed by atoms with Crippen molar-refractivity contribution in [2.75, 3.05) is 12.4 Å². The minimum atomic E-state index is -4.77. The maximum absolute atomic E-state index is 13.8. The van der Waals surface area contributed by atoms with Crippen molar-refractivity contribution in [2.24, 2.45) is 5.73 Å². The van der Waals surface area contributed by atoms with Crippen molar-refractivity contribution in [3.05, 3.63) is 76.4 Å². The van der Waals surface area contributed by atoms with Gasteiger partial charge in [-0.25, -0.2) is 4.98 Å². The van der Waals surface area contributed by atoms with E-state index < -0.39 is 23.7 Å². The van der Waals surface area contributed by atoms with E-state index in [1.165, 1.54) is 25.4 Å². The van der Waals surface area contributed by atoms with Crippen LogP contribution in [0.15, 0.2) is 53.1 Å². The van der Waals surface area contributed by atoms with Crippen molar-refractivity contribution >= 4 is 39.1 Å². The molecule has 0 aliphatic rings. The van der Waals surface area contributed by atoms with Gasteiger partial charge in [0.2, 0.25) is 0 Å². The molecule has 5 aromatic rings. The molecule has 0 radical (unpaired) electrons. The Bertz CT molecular complexity index is 1810. The quantitative estimate of drug-likeness (QED) is 0.211. The Labute approximate surface area is 240 Å². The van der Waals surface area contributed by atoms with E-state index in [2.05, 4.69) is 15.4 Å². The Hall–Kier alpha value is -4.85. The number of fused-ring (bicyclic) bond motifs is 1. The number of aryl methyl sites for hydroxylation is 1. The summed E-state index contributed by atoms with van der Waals surface area (Å²) in [5.41, 5.74) is 5.42. The number of anilines is 1. The topological polar surface area (TPSA) is 134 Å². The molecule has 10 nitrogen and oxygen atoms in total. The second-order valence-electron chi connectivity index (χ2n) is 9.02. The summed E-state index contributed by atoms with van der Waals surface area (Å²) in [5.74, 6) is -0.524. The molecule has 0 aliphatic heterocycles. The van der Waals surface area contributed by atoms with Crippen LogP contribution in [0.25, 0.3) is 21.3 Å². The minimum absolute atomic E-state index is 0.0173. The number of para-hydroxylation sites is 2. The van der Waals surface area contributed by atoms with E-state index in [9.17, 15) is 22.8 Å². The lowest BCUT2D eigenvalue weighted by Crippen LogP contribution is -2.16. The zero-order valence-electron chi connectivity index (χ0n) is 22.5. The van der Waals surface area contributed by atoms with Crippen molar-refractivity contribution < 1.29 is 36.7 Å². The molecule has 3 N–H and O–H groups in total. The molecule has 1 aromatic carbocycles. The number of hydrogen-bond donors (Lipinski definition) is 2. The van der Waals surface area contributed by atoms with E-state index >= 15 is 0 Å². The molecule has 2 amide bonds. The van der Waals surface area contributed by atoms with Gasteiger partial charge in [-0.2, -0.15) is 18.3 Å². The van der Waals surface area contributed by atoms with Crippen LogP contribution in [-0.2, 0) is 19.3 Å². The van der Waals surface area contributed by atoms with Crippen LogP contribution in [0.5, 0.6) is 11.5 Å². The SMILES string of the molecule is CCn1ncc(-c2cc(C(F)(F)F)nc3sc(C(N)=O)c(NC(=O)c4ccc(COc5ccccc5OC)o4)c23)c1C. The third-order valence-corrected chi connectivity index (χ3v) is 7.53. The van der Waals surface area contributed by atoms with Crippen molar-refractivity contribution in [1.82, 2.24) is 14.8 Å². The van der Waals surface area contributed by atoms with Gasteiger partial charge in [0.1, 0.15) is 27.8 Å². The first-order valence-corrected chi connectivity index (χ1v) is 13.4. The number of rotatable bonds is 9. The highest BCUT2D eigenvalue weighted by Gasteiger charge is 2.35. The van der Waals surface area contributed by atoms with Crippen molar-refractivity contribution in [3.8, 4) is 22.6 Å². The Morgan fingerprint density at radius 3 is 2.52 bits per heavy atom. The zero-order valence-corrected chi connectivity index (χ0v) is 23.4. The number of alkyl halides is 3. The van der Waals surface area contributed by atoms with Crippen LogP contribution in [-0.4, -0.2) is 33.7 Å². The van der Waals surface area contributed by atoms with E-state index in [4.69, 9.17) is 19.6 Å². The highest BCUT2D eigenvalue weighted by Crippen LogP contribution is 2.44. The molecule has 0 saturated carbocycles. The monoisotopic (exact) mass is 599 g/mol. The number of hydrogen-bond acceptors (Lipinski definition) is 8. The number of furan rings is 1. The number of nitrogens with two attached hydrogens (primary N) is 1. The summed E-state index contributed by atoms with van der Waals surface area (Å²) < 4.78 is 59.7. The number of ether oxygens (including phenoxy) is 2. The Morgan fingerprint density at radius 1 is 1.14 bits per heavy atom. The first-order chi connectivity index (χ1) is 20.0. The number of pyridine rings is 1. The molecule has 42 heavy (non-hydrogen) atoms. The summed E-state index contributed by atoms with van der Waals surface area (Å²) in [6.45, 7) is 4.01. The number of aromatic nitrogens is 3. The number of carbonyl (C=O) groups excluding carboxylic acids is 2. The molecule has 0 unspecified atom stereocenters. The number of methoxy groups -OCH3 is 1. The summed E-state index contributed by atoms with van der Waals surface area (Å²) in [7, 11) is 1.51. The van der Waals surface area contributed by atoms with Gasteiger partial charge in [0.25, 0.3) is 11.8 Å². The number of benzene rings is 1. The summed E-state index contributed by atoms with van der Waals surface area (Å²) >= 11 is 0.651. The van der Waals surface area contributed by atoms with Crippen LogP contribution in [0.1, 0.15) is 44.3 Å². The lowest BCUT2D eigenvalue weighted by atomic mass is 10.0. The molecule has 4 heterocycles. The normalized spacial score (nSPS) is 11.6. The zero-order chi connectivity index (χ0) is 30.2. The smallest absolute Gasteiger partial charge is 0.433 e. The van der Waals surface area contributed by atoms with Gasteiger partial charge >= 0.3 is 6.18 Å². The van der Waals surface area contributed by atoms with Gasteiger partial charge in [0.05, 0.1) is 19.0 Å². The van der Waals surface area contributed by atoms with Crippen LogP contribution in [0, 0.1) is 6.92 Å². The Kier molecular flexibility index (Phi) is 7.65. The highest BCUT2D eigenvalue weighted by molar-refractivity contribution is 7.21. The lowest BCUT2D eigenvalue weighted by molar-refractivity contribution is -0.140. The molecule has 0 bridgehead atoms. The standard InChI is InChI=1S/C28H24F3N5O5S/c1-4-36-14(2)17(12-33-36)16-11-21(28(29,30)31)34-27-22(16)23(24(42-27)25(32)37)35-26(38)20-10-9-15(41-20)13-40-19-8-6-5-7-18(19)39-3/h5-12H,4,13H2,1-3H3,(H2,32,37)(H,35,38). The largest absolute Gasteiger partial charge is 0.493 e. The van der Waals surface area contributed by atoms with Gasteiger partial charge in [0.15, 0.2) is 17.3 Å². The number of nitrogens with zero attached hydrogens (tertiary/aromatic N) is 3. The van der Waals surface area contributed by atoms with Gasteiger partial charge in [0, 0.05) is 23.2 Å². The van der Waals surface area contributed by atoms with E-state index in [-0.39, 0.29) is 38.7 Å². The number of carbonyl (C=O) groups is 2. The second kappa shape index (κ2) is 11.2. The van der Waals surface area contributed by atoms with Crippen LogP contribution in [0.3, 0.4) is 0 Å². The van der Waals surface area contributed by atoms with Gasteiger partial charge in [-0.05, 0) is 49.7 Å². The second-order valence-corrected chi connectivity index (χ2v) is 10.0. The summed E-state index contributed by atoms with van der Waals surface area (Å²) in [6, 6.07) is 10.8. The van der Waals surface area contributed by atoms with Crippen molar-refractivity contribution in [3.63, 3.8) is 0 Å². The van der Waals surface area contributed by atoms with Crippen LogP contribution >= 0.6 is 11.3 Å². The van der Waals surface area contributed by atoms with Crippen LogP contribution in [0.4, 0.5) is 18.9 Å². The maximum Gasteiger partial charge on any atom is 0.433 e. The molecule has 0 spiro atoms. The Balaban J connectivity index is 1.53. The van der Waals surface area contributed by atoms with Gasteiger partial charge in [-0.3, -0.25) is 14.3 Å². The third-order valence-electron chi connectivity index (χ3n) is 6.43. The van der Waals surface area contributed by atoms with E-state index in [0.717, 1.165) is 6.07 Å². The molecule has 4 aromatic heterocycles.